The summed E-state index contributed by atoms with van der Waals surface area (Å²) in [5, 5.41) is 5.81. The van der Waals surface area contributed by atoms with Crippen molar-refractivity contribution >= 4 is 34.4 Å². The van der Waals surface area contributed by atoms with Gasteiger partial charge in [0.2, 0.25) is 11.8 Å². The highest BCUT2D eigenvalue weighted by molar-refractivity contribution is 6.00. The molecular weight excluding hydrogens is 481 g/mol. The Morgan fingerprint density at radius 1 is 1.25 bits per heavy atom. The number of benzene rings is 1. The van der Waals surface area contributed by atoms with Crippen LogP contribution in [-0.4, -0.2) is 53.6 Å². The average Bonchev–Trinajstić information content (AvgIpc) is 3.38. The van der Waals surface area contributed by atoms with Crippen molar-refractivity contribution in [2.45, 2.75) is 51.6 Å². The van der Waals surface area contributed by atoms with Crippen LogP contribution in [-0.2, 0) is 19.1 Å². The van der Waals surface area contributed by atoms with Crippen LogP contribution in [0.3, 0.4) is 0 Å². The van der Waals surface area contributed by atoms with E-state index >= 15 is 0 Å². The molecule has 0 aliphatic carbocycles. The summed E-state index contributed by atoms with van der Waals surface area (Å²) in [6.07, 6.45) is -4.59. The molecule has 2 aromatic rings. The SMILES string of the molecule is CC(C)C[C@@H](C(=O)N[C@@H](C[C@@H]1CCNC1=O)C(=O)COC(F)(F)F)n1c(C(N)=O)cc2ccccc21. The van der Waals surface area contributed by atoms with E-state index in [0.717, 1.165) is 0 Å². The van der Waals surface area contributed by atoms with Gasteiger partial charge in [-0.25, -0.2) is 0 Å². The van der Waals surface area contributed by atoms with Crippen molar-refractivity contribution in [1.82, 2.24) is 15.2 Å². The first kappa shape index (κ1) is 27.2. The van der Waals surface area contributed by atoms with Gasteiger partial charge in [0.05, 0.1) is 6.04 Å². The number of ether oxygens (including phenoxy) is 1. The monoisotopic (exact) mass is 510 g/mol. The minimum Gasteiger partial charge on any atom is -0.364 e. The van der Waals surface area contributed by atoms with E-state index in [1.165, 1.54) is 4.57 Å². The van der Waals surface area contributed by atoms with Gasteiger partial charge in [0, 0.05) is 23.4 Å². The van der Waals surface area contributed by atoms with Crippen LogP contribution < -0.4 is 16.4 Å². The second kappa shape index (κ2) is 11.1. The number of nitrogens with one attached hydrogen (secondary N) is 2. The van der Waals surface area contributed by atoms with Crippen molar-refractivity contribution in [2.75, 3.05) is 13.2 Å². The number of aromatic nitrogens is 1. The number of ketones is 1. The van der Waals surface area contributed by atoms with E-state index in [1.807, 2.05) is 13.8 Å². The molecule has 12 heteroatoms. The maximum atomic E-state index is 13.6. The van der Waals surface area contributed by atoms with Crippen molar-refractivity contribution in [3.05, 3.63) is 36.0 Å². The topological polar surface area (TPSA) is 133 Å². The number of nitrogens with two attached hydrogens (primary N) is 1. The van der Waals surface area contributed by atoms with E-state index < -0.39 is 48.6 Å². The van der Waals surface area contributed by atoms with Crippen LogP contribution in [0.4, 0.5) is 13.2 Å². The molecule has 9 nitrogen and oxygen atoms in total. The fourth-order valence-corrected chi connectivity index (χ4v) is 4.42. The summed E-state index contributed by atoms with van der Waals surface area (Å²) in [4.78, 5) is 50.5. The molecule has 2 heterocycles. The fourth-order valence-electron chi connectivity index (χ4n) is 4.42. The molecular formula is C24H29F3N4O5. The second-order valence-corrected chi connectivity index (χ2v) is 9.24. The quantitative estimate of drug-likeness (QED) is 0.427. The van der Waals surface area contributed by atoms with Gasteiger partial charge >= 0.3 is 6.36 Å². The number of hydrogen-bond donors (Lipinski definition) is 3. The van der Waals surface area contributed by atoms with Crippen LogP contribution in [0.1, 0.15) is 49.6 Å². The highest BCUT2D eigenvalue weighted by Crippen LogP contribution is 2.29. The van der Waals surface area contributed by atoms with Gasteiger partial charge in [-0.3, -0.25) is 23.9 Å². The number of carbonyl (C=O) groups excluding carboxylic acids is 4. The third kappa shape index (κ3) is 6.62. The summed E-state index contributed by atoms with van der Waals surface area (Å²) in [7, 11) is 0. The zero-order valence-corrected chi connectivity index (χ0v) is 19.9. The largest absolute Gasteiger partial charge is 0.522 e. The summed E-state index contributed by atoms with van der Waals surface area (Å²) in [5.41, 5.74) is 6.23. The number of Topliss-reactive ketones (excluding diaryl/α,β-unsaturated/α-hetero) is 1. The molecule has 1 saturated heterocycles. The highest BCUT2D eigenvalue weighted by atomic mass is 19.4. The van der Waals surface area contributed by atoms with Gasteiger partial charge in [0.15, 0.2) is 5.78 Å². The number of alkyl halides is 3. The van der Waals surface area contributed by atoms with E-state index in [4.69, 9.17) is 5.73 Å². The first-order valence-electron chi connectivity index (χ1n) is 11.6. The lowest BCUT2D eigenvalue weighted by atomic mass is 9.95. The third-order valence-electron chi connectivity index (χ3n) is 6.08. The Morgan fingerprint density at radius 3 is 2.53 bits per heavy atom. The molecule has 1 aromatic carbocycles. The minimum atomic E-state index is -5.03. The Morgan fingerprint density at radius 2 is 1.94 bits per heavy atom. The number of rotatable bonds is 11. The Kier molecular flexibility index (Phi) is 8.39. The standard InChI is InChI=1S/C24H29F3N4O5/c1-13(2)9-19(31-17-6-4-3-5-14(17)11-18(31)21(28)33)23(35)30-16(10-15-7-8-29-22(15)34)20(32)12-36-24(25,26)27/h3-6,11,13,15-16,19H,7-10,12H2,1-2H3,(H2,28,33)(H,29,34)(H,30,35)/t15-,16-,19-/m0/s1. The lowest BCUT2D eigenvalue weighted by Crippen LogP contribution is -2.47. The molecule has 0 unspecified atom stereocenters. The van der Waals surface area contributed by atoms with Gasteiger partial charge < -0.3 is 20.9 Å². The zero-order chi connectivity index (χ0) is 26.6. The third-order valence-corrected chi connectivity index (χ3v) is 6.08. The molecule has 1 aliphatic heterocycles. The van der Waals surface area contributed by atoms with Crippen LogP contribution in [0.2, 0.25) is 0 Å². The Labute approximate surface area is 205 Å². The van der Waals surface area contributed by atoms with E-state index in [2.05, 4.69) is 15.4 Å². The van der Waals surface area contributed by atoms with Crippen LogP contribution in [0.25, 0.3) is 10.9 Å². The number of carbonyl (C=O) groups is 4. The Hall–Kier alpha value is -3.41. The van der Waals surface area contributed by atoms with Crippen LogP contribution in [0.5, 0.6) is 0 Å². The number of nitrogens with zero attached hydrogens (tertiary/aromatic N) is 1. The molecule has 0 spiro atoms. The lowest BCUT2D eigenvalue weighted by Gasteiger charge is -2.27. The van der Waals surface area contributed by atoms with Gasteiger partial charge in [-0.2, -0.15) is 0 Å². The van der Waals surface area contributed by atoms with E-state index in [0.29, 0.717) is 23.9 Å². The first-order valence-corrected chi connectivity index (χ1v) is 11.6. The maximum absolute atomic E-state index is 13.6. The molecule has 0 radical (unpaired) electrons. The average molecular weight is 511 g/mol. The maximum Gasteiger partial charge on any atom is 0.522 e. The van der Waals surface area contributed by atoms with Crippen molar-refractivity contribution in [3.8, 4) is 0 Å². The Balaban J connectivity index is 1.95. The predicted octanol–water partition coefficient (Wildman–Crippen LogP) is 2.44. The van der Waals surface area contributed by atoms with Crippen LogP contribution in [0.15, 0.2) is 30.3 Å². The molecule has 3 atom stereocenters. The normalized spacial score (nSPS) is 17.7. The fraction of sp³-hybridized carbons (Fsp3) is 0.500. The van der Waals surface area contributed by atoms with Crippen molar-refractivity contribution in [1.29, 1.82) is 0 Å². The Bertz CT molecular complexity index is 1140. The van der Waals surface area contributed by atoms with E-state index in [-0.39, 0.29) is 30.4 Å². The summed E-state index contributed by atoms with van der Waals surface area (Å²) in [5.74, 6) is -3.49. The number of hydrogen-bond acceptors (Lipinski definition) is 5. The number of halogens is 3. The molecule has 36 heavy (non-hydrogen) atoms. The molecule has 0 bridgehead atoms. The first-order chi connectivity index (χ1) is 16.9. The van der Waals surface area contributed by atoms with Crippen molar-refractivity contribution < 1.29 is 37.1 Å². The van der Waals surface area contributed by atoms with Crippen molar-refractivity contribution in [2.24, 2.45) is 17.6 Å². The summed E-state index contributed by atoms with van der Waals surface area (Å²) in [6, 6.07) is 6.12. The van der Waals surface area contributed by atoms with Gasteiger partial charge in [-0.15, -0.1) is 13.2 Å². The number of primary amides is 1. The molecule has 1 aliphatic rings. The molecule has 0 saturated carbocycles. The number of para-hydroxylation sites is 1. The summed E-state index contributed by atoms with van der Waals surface area (Å²) < 4.78 is 42.9. The van der Waals surface area contributed by atoms with Crippen LogP contribution >= 0.6 is 0 Å². The van der Waals surface area contributed by atoms with E-state index in [1.54, 1.807) is 30.3 Å². The smallest absolute Gasteiger partial charge is 0.364 e. The number of fused-ring (bicyclic) bond motifs is 1. The van der Waals surface area contributed by atoms with Gasteiger partial charge in [-0.1, -0.05) is 32.0 Å². The molecule has 3 amide bonds. The molecule has 3 rings (SSSR count). The second-order valence-electron chi connectivity index (χ2n) is 9.24. The van der Waals surface area contributed by atoms with Gasteiger partial charge in [0.1, 0.15) is 18.3 Å². The molecule has 196 valence electrons. The molecule has 4 N–H and O–H groups in total. The van der Waals surface area contributed by atoms with Crippen LogP contribution in [0, 0.1) is 11.8 Å². The summed E-state index contributed by atoms with van der Waals surface area (Å²) in [6.45, 7) is 2.78. The summed E-state index contributed by atoms with van der Waals surface area (Å²) >= 11 is 0. The minimum absolute atomic E-state index is 0.0361. The zero-order valence-electron chi connectivity index (χ0n) is 19.9. The molecule has 1 aromatic heterocycles. The van der Waals surface area contributed by atoms with Gasteiger partial charge in [0.25, 0.3) is 5.91 Å². The van der Waals surface area contributed by atoms with Crippen molar-refractivity contribution in [3.63, 3.8) is 0 Å². The lowest BCUT2D eigenvalue weighted by molar-refractivity contribution is -0.321. The predicted molar refractivity (Wildman–Crippen MR) is 124 cm³/mol. The molecule has 1 fully saturated rings. The number of amides is 3. The van der Waals surface area contributed by atoms with Gasteiger partial charge in [-0.05, 0) is 37.3 Å². The van der Waals surface area contributed by atoms with E-state index in [9.17, 15) is 32.3 Å². The highest BCUT2D eigenvalue weighted by Gasteiger charge is 2.36.